The van der Waals surface area contributed by atoms with E-state index in [1.165, 1.54) is 5.57 Å². The van der Waals surface area contributed by atoms with Crippen molar-refractivity contribution in [1.82, 2.24) is 0 Å². The Morgan fingerprint density at radius 2 is 1.94 bits per heavy atom. The van der Waals surface area contributed by atoms with Crippen molar-refractivity contribution >= 4 is 5.78 Å². The first-order chi connectivity index (χ1) is 8.75. The number of ketones is 1. The third kappa shape index (κ3) is 4.91. The molecule has 0 saturated carbocycles. The number of hydrogen-bond acceptors (Lipinski definition) is 3. The molecule has 1 heterocycles. The zero-order valence-electron chi connectivity index (χ0n) is 11.9. The fourth-order valence-corrected chi connectivity index (χ4v) is 2.16. The highest BCUT2D eigenvalue weighted by atomic mass is 16.7. The molecule has 1 unspecified atom stereocenters. The molecule has 104 valence electrons. The second-order valence-electron chi connectivity index (χ2n) is 4.71. The summed E-state index contributed by atoms with van der Waals surface area (Å²) in [6, 6.07) is 0. The van der Waals surface area contributed by atoms with Crippen LogP contribution in [-0.4, -0.2) is 25.3 Å². The summed E-state index contributed by atoms with van der Waals surface area (Å²) in [7, 11) is 0. The zero-order valence-corrected chi connectivity index (χ0v) is 11.9. The summed E-state index contributed by atoms with van der Waals surface area (Å²) in [4.78, 5) is 11.5. The van der Waals surface area contributed by atoms with Gasteiger partial charge >= 0.3 is 0 Å². The molecule has 1 aliphatic carbocycles. The van der Waals surface area contributed by atoms with Gasteiger partial charge in [0.05, 0.1) is 13.2 Å². The van der Waals surface area contributed by atoms with E-state index in [9.17, 15) is 4.79 Å². The Bertz CT molecular complexity index is 277. The van der Waals surface area contributed by atoms with Gasteiger partial charge in [0.1, 0.15) is 0 Å². The van der Waals surface area contributed by atoms with E-state index < -0.39 is 0 Å². The maximum absolute atomic E-state index is 11.5. The van der Waals surface area contributed by atoms with Gasteiger partial charge in [-0.25, -0.2) is 0 Å². The number of ether oxygens (including phenoxy) is 2. The maximum Gasteiger partial charge on any atom is 0.158 e. The smallest absolute Gasteiger partial charge is 0.158 e. The van der Waals surface area contributed by atoms with Gasteiger partial charge < -0.3 is 9.47 Å². The fraction of sp³-hybridized carbons (Fsp3) is 0.800. The predicted octanol–water partition coefficient (Wildman–Crippen LogP) is 3.48. The minimum absolute atomic E-state index is 0.0518. The van der Waals surface area contributed by atoms with Gasteiger partial charge in [0.25, 0.3) is 0 Å². The Labute approximate surface area is 111 Å². The summed E-state index contributed by atoms with van der Waals surface area (Å²) in [6.45, 7) is 7.61. The Hall–Kier alpha value is -0.670. The number of hydrogen-bond donors (Lipinski definition) is 0. The van der Waals surface area contributed by atoms with Crippen LogP contribution in [0.5, 0.6) is 0 Å². The van der Waals surface area contributed by atoms with Crippen LogP contribution in [-0.2, 0) is 14.3 Å². The number of carbonyl (C=O) groups excluding carboxylic acids is 1. The third-order valence-electron chi connectivity index (χ3n) is 3.33. The first kappa shape index (κ1) is 15.4. The highest BCUT2D eigenvalue weighted by Gasteiger charge is 2.19. The van der Waals surface area contributed by atoms with Crippen LogP contribution in [0.4, 0.5) is 0 Å². The van der Waals surface area contributed by atoms with Gasteiger partial charge in [-0.3, -0.25) is 4.79 Å². The first-order valence-electron chi connectivity index (χ1n) is 7.22. The maximum atomic E-state index is 11.5. The number of allylic oxidation sites excluding steroid dienone is 2. The third-order valence-corrected chi connectivity index (χ3v) is 3.33. The summed E-state index contributed by atoms with van der Waals surface area (Å²) in [6.07, 6.45) is 6.64. The minimum atomic E-state index is -0.0518. The Balaban J connectivity index is 0.000000771. The van der Waals surface area contributed by atoms with Gasteiger partial charge in [0.2, 0.25) is 0 Å². The van der Waals surface area contributed by atoms with Crippen molar-refractivity contribution in [1.29, 1.82) is 0 Å². The zero-order chi connectivity index (χ0) is 13.4. The van der Waals surface area contributed by atoms with Gasteiger partial charge in [0.15, 0.2) is 12.1 Å². The molecule has 3 heteroatoms. The van der Waals surface area contributed by atoms with Gasteiger partial charge in [-0.1, -0.05) is 26.3 Å². The van der Waals surface area contributed by atoms with Crippen LogP contribution in [0.1, 0.15) is 52.9 Å². The van der Waals surface area contributed by atoms with Crippen LogP contribution >= 0.6 is 0 Å². The topological polar surface area (TPSA) is 35.5 Å². The van der Waals surface area contributed by atoms with Crippen molar-refractivity contribution in [2.75, 3.05) is 13.2 Å². The lowest BCUT2D eigenvalue weighted by Crippen LogP contribution is -2.25. The standard InChI is InChI=1S/C13H20O3.C2H6/c1-10-3-4-11(9-12(10)14)5-6-13-15-7-2-8-16-13;1-2/h9-10,13H,2-8H2,1H3;1-2H3. The summed E-state index contributed by atoms with van der Waals surface area (Å²) in [5.74, 6) is 0.498. The van der Waals surface area contributed by atoms with Crippen LogP contribution in [0, 0.1) is 5.92 Å². The van der Waals surface area contributed by atoms with Crippen LogP contribution in [0.2, 0.25) is 0 Å². The summed E-state index contributed by atoms with van der Waals surface area (Å²) in [5, 5.41) is 0. The lowest BCUT2D eigenvalue weighted by molar-refractivity contribution is -0.180. The quantitative estimate of drug-likeness (QED) is 0.773. The van der Waals surface area contributed by atoms with Crippen LogP contribution in [0.3, 0.4) is 0 Å². The Kier molecular flexibility index (Phi) is 7.21. The number of carbonyl (C=O) groups is 1. The molecule has 0 radical (unpaired) electrons. The fourth-order valence-electron chi connectivity index (χ4n) is 2.16. The average Bonchev–Trinajstić information content (AvgIpc) is 2.44. The highest BCUT2D eigenvalue weighted by Crippen LogP contribution is 2.25. The summed E-state index contributed by atoms with van der Waals surface area (Å²) < 4.78 is 11.0. The molecule has 2 aliphatic rings. The van der Waals surface area contributed by atoms with Crippen molar-refractivity contribution in [2.45, 2.75) is 59.2 Å². The normalized spacial score (nSPS) is 25.2. The molecule has 18 heavy (non-hydrogen) atoms. The lowest BCUT2D eigenvalue weighted by atomic mass is 9.88. The largest absolute Gasteiger partial charge is 0.353 e. The minimum Gasteiger partial charge on any atom is -0.353 e. The summed E-state index contributed by atoms with van der Waals surface area (Å²) in [5.41, 5.74) is 1.26. The predicted molar refractivity (Wildman–Crippen MR) is 72.4 cm³/mol. The second kappa shape index (κ2) is 8.44. The van der Waals surface area contributed by atoms with E-state index in [2.05, 4.69) is 0 Å². The Morgan fingerprint density at radius 1 is 1.28 bits per heavy atom. The molecule has 0 aromatic carbocycles. The van der Waals surface area contributed by atoms with Crippen LogP contribution in [0.15, 0.2) is 11.6 Å². The SMILES string of the molecule is CC.CC1CCC(CCC2OCCCO2)=CC1=O. The van der Waals surface area contributed by atoms with Gasteiger partial charge in [-0.15, -0.1) is 0 Å². The molecule has 1 atom stereocenters. The monoisotopic (exact) mass is 254 g/mol. The van der Waals surface area contributed by atoms with Crippen molar-refractivity contribution in [3.05, 3.63) is 11.6 Å². The molecule has 0 amide bonds. The van der Waals surface area contributed by atoms with E-state index in [0.717, 1.165) is 45.3 Å². The van der Waals surface area contributed by atoms with E-state index >= 15 is 0 Å². The molecule has 1 saturated heterocycles. The molecule has 2 rings (SSSR count). The lowest BCUT2D eigenvalue weighted by Gasteiger charge is -2.24. The first-order valence-corrected chi connectivity index (χ1v) is 7.22. The van der Waals surface area contributed by atoms with Gasteiger partial charge in [-0.05, 0) is 31.8 Å². The second-order valence-corrected chi connectivity index (χ2v) is 4.71. The molecule has 1 fully saturated rings. The van der Waals surface area contributed by atoms with Gasteiger partial charge in [-0.2, -0.15) is 0 Å². The van der Waals surface area contributed by atoms with Crippen molar-refractivity contribution in [2.24, 2.45) is 5.92 Å². The van der Waals surface area contributed by atoms with E-state index in [1.54, 1.807) is 0 Å². The van der Waals surface area contributed by atoms with Crippen molar-refractivity contribution in [3.8, 4) is 0 Å². The molecule has 3 nitrogen and oxygen atoms in total. The van der Waals surface area contributed by atoms with E-state index in [1.807, 2.05) is 26.8 Å². The molecular weight excluding hydrogens is 228 g/mol. The summed E-state index contributed by atoms with van der Waals surface area (Å²) >= 11 is 0. The van der Waals surface area contributed by atoms with E-state index in [0.29, 0.717) is 0 Å². The Morgan fingerprint density at radius 3 is 2.56 bits per heavy atom. The van der Waals surface area contributed by atoms with E-state index in [-0.39, 0.29) is 18.0 Å². The molecule has 0 N–H and O–H groups in total. The van der Waals surface area contributed by atoms with Gasteiger partial charge in [0, 0.05) is 12.3 Å². The molecular formula is C15H26O3. The molecule has 1 aliphatic heterocycles. The van der Waals surface area contributed by atoms with Crippen LogP contribution in [0.25, 0.3) is 0 Å². The molecule has 0 aromatic rings. The van der Waals surface area contributed by atoms with Crippen molar-refractivity contribution < 1.29 is 14.3 Å². The average molecular weight is 254 g/mol. The van der Waals surface area contributed by atoms with Crippen molar-refractivity contribution in [3.63, 3.8) is 0 Å². The van der Waals surface area contributed by atoms with Crippen LogP contribution < -0.4 is 0 Å². The highest BCUT2D eigenvalue weighted by molar-refractivity contribution is 5.92. The molecule has 0 spiro atoms. The molecule has 0 aromatic heterocycles. The number of rotatable bonds is 3. The molecule has 0 bridgehead atoms. The van der Waals surface area contributed by atoms with E-state index in [4.69, 9.17) is 9.47 Å².